The normalized spacial score (nSPS) is 14.0. The van der Waals surface area contributed by atoms with Crippen molar-refractivity contribution in [3.8, 4) is 22.4 Å². The van der Waals surface area contributed by atoms with Gasteiger partial charge in [0, 0.05) is 42.1 Å². The third-order valence-corrected chi connectivity index (χ3v) is 6.35. The minimum Gasteiger partial charge on any atom is -0.370 e. The molecule has 1 amide bonds. The highest BCUT2D eigenvalue weighted by molar-refractivity contribution is 6.33. The number of halogens is 3. The van der Waals surface area contributed by atoms with Gasteiger partial charge in [-0.2, -0.15) is 9.61 Å². The van der Waals surface area contributed by atoms with Crippen molar-refractivity contribution in [3.05, 3.63) is 69.8 Å². The van der Waals surface area contributed by atoms with Crippen LogP contribution in [0.3, 0.4) is 0 Å². The van der Waals surface area contributed by atoms with Crippen LogP contribution in [0.4, 0.5) is 5.82 Å². The van der Waals surface area contributed by atoms with Gasteiger partial charge < -0.3 is 10.6 Å². The molecule has 162 valence electrons. The summed E-state index contributed by atoms with van der Waals surface area (Å²) in [5.41, 5.74) is 9.17. The first-order chi connectivity index (χ1) is 15.4. The number of anilines is 1. The topological polar surface area (TPSA) is 76.5 Å². The fourth-order valence-corrected chi connectivity index (χ4v) is 4.62. The molecule has 1 aliphatic heterocycles. The van der Waals surface area contributed by atoms with Crippen molar-refractivity contribution in [1.29, 1.82) is 0 Å². The lowest BCUT2D eigenvalue weighted by molar-refractivity contribution is -0.119. The fraction of sp³-hybridized carbons (Fsp3) is 0.174. The smallest absolute Gasteiger partial charge is 0.217 e. The SMILES string of the molecule is NC(=O)CC1CN(c2cc(Cl)nc3c(-c4ccc(Cl)cc4)c(-c4ccccc4Cl)nn23)C1. The minimum atomic E-state index is -0.294. The number of nitrogens with zero attached hydrogens (tertiary/aromatic N) is 4. The van der Waals surface area contributed by atoms with Gasteiger partial charge in [0.05, 0.1) is 10.6 Å². The summed E-state index contributed by atoms with van der Waals surface area (Å²) in [7, 11) is 0. The standard InChI is InChI=1S/C23H18Cl3N5O/c24-15-7-5-14(6-8-15)21-22(16-3-1-2-4-17(16)25)29-31-20(10-18(26)28-23(21)31)30-11-13(12-30)9-19(27)32/h1-8,10,13H,9,11-12H2,(H2,27,32). The van der Waals surface area contributed by atoms with Gasteiger partial charge >= 0.3 is 0 Å². The molecule has 1 fully saturated rings. The molecular formula is C23H18Cl3N5O. The van der Waals surface area contributed by atoms with Gasteiger partial charge in [-0.25, -0.2) is 4.98 Å². The Bertz CT molecular complexity index is 1330. The summed E-state index contributed by atoms with van der Waals surface area (Å²) in [5, 5.41) is 6.49. The predicted octanol–water partition coefficient (Wildman–Crippen LogP) is 5.34. The van der Waals surface area contributed by atoms with E-state index in [2.05, 4.69) is 9.88 Å². The van der Waals surface area contributed by atoms with Gasteiger partial charge in [0.15, 0.2) is 5.65 Å². The Balaban J connectivity index is 1.71. The molecule has 4 aromatic rings. The van der Waals surface area contributed by atoms with E-state index in [1.807, 2.05) is 48.5 Å². The van der Waals surface area contributed by atoms with Crippen LogP contribution in [0.5, 0.6) is 0 Å². The van der Waals surface area contributed by atoms with Crippen LogP contribution in [0.25, 0.3) is 28.0 Å². The van der Waals surface area contributed by atoms with E-state index in [1.54, 1.807) is 10.6 Å². The lowest BCUT2D eigenvalue weighted by atomic mass is 9.96. The monoisotopic (exact) mass is 485 g/mol. The largest absolute Gasteiger partial charge is 0.370 e. The number of fused-ring (bicyclic) bond motifs is 1. The molecular weight excluding hydrogens is 469 g/mol. The maximum atomic E-state index is 11.3. The number of amides is 1. The molecule has 0 bridgehead atoms. The maximum absolute atomic E-state index is 11.3. The van der Waals surface area contributed by atoms with E-state index in [-0.39, 0.29) is 11.8 Å². The van der Waals surface area contributed by atoms with E-state index in [9.17, 15) is 4.79 Å². The first-order valence-corrected chi connectivity index (χ1v) is 11.2. The van der Waals surface area contributed by atoms with Crippen LogP contribution in [-0.4, -0.2) is 33.6 Å². The van der Waals surface area contributed by atoms with Crippen LogP contribution in [0, 0.1) is 5.92 Å². The van der Waals surface area contributed by atoms with Crippen LogP contribution in [0.1, 0.15) is 6.42 Å². The Labute approximate surface area is 199 Å². The van der Waals surface area contributed by atoms with Gasteiger partial charge in [0.1, 0.15) is 16.7 Å². The van der Waals surface area contributed by atoms with Crippen LogP contribution in [0.2, 0.25) is 15.2 Å². The van der Waals surface area contributed by atoms with Crippen LogP contribution < -0.4 is 10.6 Å². The summed E-state index contributed by atoms with van der Waals surface area (Å²) >= 11 is 19.1. The molecule has 3 heterocycles. The van der Waals surface area contributed by atoms with Gasteiger partial charge in [-0.05, 0) is 23.8 Å². The third-order valence-electron chi connectivity index (χ3n) is 5.57. The van der Waals surface area contributed by atoms with Crippen molar-refractivity contribution >= 4 is 52.2 Å². The van der Waals surface area contributed by atoms with Gasteiger partial charge in [0.25, 0.3) is 0 Å². The molecule has 2 aromatic heterocycles. The van der Waals surface area contributed by atoms with Crippen molar-refractivity contribution in [2.45, 2.75) is 6.42 Å². The van der Waals surface area contributed by atoms with Gasteiger partial charge in [-0.1, -0.05) is 65.1 Å². The average Bonchev–Trinajstić information content (AvgIpc) is 3.10. The molecule has 6 nitrogen and oxygen atoms in total. The van der Waals surface area contributed by atoms with Crippen molar-refractivity contribution in [2.24, 2.45) is 11.7 Å². The Morgan fingerprint density at radius 1 is 1.06 bits per heavy atom. The number of nitrogens with two attached hydrogens (primary N) is 1. The predicted molar refractivity (Wildman–Crippen MR) is 128 cm³/mol. The summed E-state index contributed by atoms with van der Waals surface area (Å²) in [6, 6.07) is 16.8. The minimum absolute atomic E-state index is 0.212. The summed E-state index contributed by atoms with van der Waals surface area (Å²) in [6.45, 7) is 1.38. The number of hydrogen-bond donors (Lipinski definition) is 1. The summed E-state index contributed by atoms with van der Waals surface area (Å²) < 4.78 is 1.79. The molecule has 0 atom stereocenters. The van der Waals surface area contributed by atoms with Crippen molar-refractivity contribution in [1.82, 2.24) is 14.6 Å². The zero-order chi connectivity index (χ0) is 22.4. The number of primary amides is 1. The zero-order valence-electron chi connectivity index (χ0n) is 16.8. The van der Waals surface area contributed by atoms with Crippen molar-refractivity contribution in [3.63, 3.8) is 0 Å². The molecule has 2 N–H and O–H groups in total. The second-order valence-electron chi connectivity index (χ2n) is 7.82. The van der Waals surface area contributed by atoms with E-state index < -0.39 is 0 Å². The average molecular weight is 487 g/mol. The second-order valence-corrected chi connectivity index (χ2v) is 9.06. The summed E-state index contributed by atoms with van der Waals surface area (Å²) in [4.78, 5) is 18.0. The van der Waals surface area contributed by atoms with Crippen molar-refractivity contribution in [2.75, 3.05) is 18.0 Å². The maximum Gasteiger partial charge on any atom is 0.217 e. The number of benzene rings is 2. The highest BCUT2D eigenvalue weighted by Crippen LogP contribution is 2.40. The molecule has 9 heteroatoms. The Morgan fingerprint density at radius 2 is 1.78 bits per heavy atom. The quantitative estimate of drug-likeness (QED) is 0.387. The molecule has 0 radical (unpaired) electrons. The zero-order valence-corrected chi connectivity index (χ0v) is 19.1. The fourth-order valence-electron chi connectivity index (χ4n) is 4.09. The molecule has 0 unspecified atom stereocenters. The van der Waals surface area contributed by atoms with E-state index in [0.717, 1.165) is 22.5 Å². The van der Waals surface area contributed by atoms with Crippen LogP contribution in [0.15, 0.2) is 54.6 Å². The number of hydrogen-bond acceptors (Lipinski definition) is 4. The molecule has 1 aliphatic rings. The lowest BCUT2D eigenvalue weighted by Gasteiger charge is -2.40. The molecule has 1 saturated heterocycles. The van der Waals surface area contributed by atoms with Gasteiger partial charge in [-0.15, -0.1) is 0 Å². The Morgan fingerprint density at radius 3 is 2.47 bits per heavy atom. The van der Waals surface area contributed by atoms with Crippen LogP contribution in [-0.2, 0) is 4.79 Å². The highest BCUT2D eigenvalue weighted by atomic mass is 35.5. The Hall–Kier alpha value is -2.80. The lowest BCUT2D eigenvalue weighted by Crippen LogP contribution is -2.49. The first kappa shape index (κ1) is 21.1. The molecule has 0 spiro atoms. The molecule has 32 heavy (non-hydrogen) atoms. The summed E-state index contributed by atoms with van der Waals surface area (Å²) in [6.07, 6.45) is 0.360. The van der Waals surface area contributed by atoms with E-state index in [0.29, 0.717) is 46.0 Å². The number of carbonyl (C=O) groups excluding carboxylic acids is 1. The van der Waals surface area contributed by atoms with E-state index in [1.165, 1.54) is 0 Å². The molecule has 0 aliphatic carbocycles. The van der Waals surface area contributed by atoms with E-state index >= 15 is 0 Å². The first-order valence-electron chi connectivity index (χ1n) is 10.0. The van der Waals surface area contributed by atoms with Gasteiger partial charge in [-0.3, -0.25) is 4.79 Å². The number of aromatic nitrogens is 3. The second kappa shape index (κ2) is 8.28. The summed E-state index contributed by atoms with van der Waals surface area (Å²) in [5.74, 6) is 0.718. The number of rotatable bonds is 5. The number of carbonyl (C=O) groups is 1. The van der Waals surface area contributed by atoms with Crippen molar-refractivity contribution < 1.29 is 4.79 Å². The molecule has 5 rings (SSSR count). The molecule has 0 saturated carbocycles. The molecule has 2 aromatic carbocycles. The van der Waals surface area contributed by atoms with E-state index in [4.69, 9.17) is 45.6 Å². The highest BCUT2D eigenvalue weighted by Gasteiger charge is 2.31. The third kappa shape index (κ3) is 3.79. The van der Waals surface area contributed by atoms with Crippen LogP contribution >= 0.6 is 34.8 Å². The van der Waals surface area contributed by atoms with Gasteiger partial charge in [0.2, 0.25) is 5.91 Å². The Kier molecular flexibility index (Phi) is 5.45.